The number of hydrogen-bond acceptors (Lipinski definition) is 4. The molecule has 5 heteroatoms. The van der Waals surface area contributed by atoms with Crippen LogP contribution in [0, 0.1) is 0 Å². The first kappa shape index (κ1) is 11.4. The molecule has 0 aromatic carbocycles. The first-order chi connectivity index (χ1) is 5.57. The van der Waals surface area contributed by atoms with Crippen molar-refractivity contribution in [1.29, 1.82) is 0 Å². The highest BCUT2D eigenvalue weighted by Crippen LogP contribution is 1.84. The molecule has 1 atom stereocenters. The predicted molar refractivity (Wildman–Crippen MR) is 48.6 cm³/mol. The van der Waals surface area contributed by atoms with E-state index < -0.39 is 11.9 Å². The Morgan fingerprint density at radius 3 is 2.67 bits per heavy atom. The molecule has 0 bridgehead atoms. The van der Waals surface area contributed by atoms with Crippen LogP contribution in [0.25, 0.3) is 0 Å². The van der Waals surface area contributed by atoms with Crippen molar-refractivity contribution in [2.75, 3.05) is 33.7 Å². The Kier molecular flexibility index (Phi) is 5.61. The van der Waals surface area contributed by atoms with E-state index in [1.807, 2.05) is 19.0 Å². The number of hydrogen-bond donors (Lipinski definition) is 3. The molecule has 1 unspecified atom stereocenters. The number of carbonyl (C=O) groups excluding carboxylic acids is 1. The monoisotopic (exact) mass is 174 g/mol. The van der Waals surface area contributed by atoms with Crippen LogP contribution in [-0.2, 0) is 4.79 Å². The fraction of sp³-hybridized carbons (Fsp3) is 0.857. The quantitative estimate of drug-likeness (QED) is 0.433. The standard InChI is InChI=1S/C7H18N4O/c1-10-3-4-11(2)5-6(8)7(9)12/h6,10H,3-5,8H2,1-2H3,(H2,9,12). The number of nitrogens with two attached hydrogens (primary N) is 2. The molecule has 0 radical (unpaired) electrons. The predicted octanol–water partition coefficient (Wildman–Crippen LogP) is -2.05. The van der Waals surface area contributed by atoms with Gasteiger partial charge in [0.1, 0.15) is 0 Å². The lowest BCUT2D eigenvalue weighted by Crippen LogP contribution is -2.45. The summed E-state index contributed by atoms with van der Waals surface area (Å²) in [6.07, 6.45) is 0. The molecule has 0 saturated carbocycles. The van der Waals surface area contributed by atoms with Gasteiger partial charge in [0.25, 0.3) is 0 Å². The highest BCUT2D eigenvalue weighted by molar-refractivity contribution is 5.79. The van der Waals surface area contributed by atoms with Gasteiger partial charge in [0, 0.05) is 19.6 Å². The summed E-state index contributed by atoms with van der Waals surface area (Å²) in [5.74, 6) is -0.452. The van der Waals surface area contributed by atoms with Gasteiger partial charge in [-0.1, -0.05) is 0 Å². The van der Waals surface area contributed by atoms with E-state index in [1.54, 1.807) is 0 Å². The summed E-state index contributed by atoms with van der Waals surface area (Å²) >= 11 is 0. The number of primary amides is 1. The van der Waals surface area contributed by atoms with Crippen LogP contribution in [0.1, 0.15) is 0 Å². The van der Waals surface area contributed by atoms with Crippen LogP contribution in [0.4, 0.5) is 0 Å². The second-order valence-electron chi connectivity index (χ2n) is 2.87. The Labute approximate surface area is 73.1 Å². The van der Waals surface area contributed by atoms with Crippen LogP contribution in [-0.4, -0.2) is 50.6 Å². The van der Waals surface area contributed by atoms with E-state index >= 15 is 0 Å². The molecule has 0 spiro atoms. The second kappa shape index (κ2) is 5.93. The fourth-order valence-electron chi connectivity index (χ4n) is 0.820. The van der Waals surface area contributed by atoms with Crippen LogP contribution in [0.3, 0.4) is 0 Å². The lowest BCUT2D eigenvalue weighted by Gasteiger charge is -2.18. The zero-order valence-corrected chi connectivity index (χ0v) is 7.71. The molecule has 0 saturated heterocycles. The minimum Gasteiger partial charge on any atom is -0.368 e. The molecule has 0 aliphatic carbocycles. The molecule has 0 aliphatic rings. The number of nitrogens with one attached hydrogen (secondary N) is 1. The average molecular weight is 174 g/mol. The summed E-state index contributed by atoms with van der Waals surface area (Å²) < 4.78 is 0. The van der Waals surface area contributed by atoms with Gasteiger partial charge in [0.05, 0.1) is 6.04 Å². The molecule has 0 aliphatic heterocycles. The van der Waals surface area contributed by atoms with Crippen LogP contribution in [0.2, 0.25) is 0 Å². The summed E-state index contributed by atoms with van der Waals surface area (Å²) in [6, 6.07) is -0.563. The molecule has 0 fully saturated rings. The summed E-state index contributed by atoms with van der Waals surface area (Å²) in [6.45, 7) is 2.25. The van der Waals surface area contributed by atoms with Gasteiger partial charge in [0.15, 0.2) is 0 Å². The Hall–Kier alpha value is -0.650. The molecule has 5 N–H and O–H groups in total. The van der Waals surface area contributed by atoms with E-state index in [4.69, 9.17) is 11.5 Å². The molecule has 0 heterocycles. The first-order valence-corrected chi connectivity index (χ1v) is 3.96. The molecule has 0 rings (SSSR count). The van der Waals surface area contributed by atoms with Crippen LogP contribution < -0.4 is 16.8 Å². The van der Waals surface area contributed by atoms with Gasteiger partial charge in [-0.2, -0.15) is 0 Å². The maximum Gasteiger partial charge on any atom is 0.235 e. The van der Waals surface area contributed by atoms with Crippen molar-refractivity contribution >= 4 is 5.91 Å². The van der Waals surface area contributed by atoms with Gasteiger partial charge >= 0.3 is 0 Å². The van der Waals surface area contributed by atoms with Gasteiger partial charge in [-0.25, -0.2) is 0 Å². The van der Waals surface area contributed by atoms with Crippen LogP contribution in [0.5, 0.6) is 0 Å². The topological polar surface area (TPSA) is 84.4 Å². The molecular formula is C7H18N4O. The number of carbonyl (C=O) groups is 1. The van der Waals surface area contributed by atoms with E-state index in [9.17, 15) is 4.79 Å². The Morgan fingerprint density at radius 2 is 2.25 bits per heavy atom. The van der Waals surface area contributed by atoms with E-state index in [0.717, 1.165) is 13.1 Å². The molecule has 12 heavy (non-hydrogen) atoms. The van der Waals surface area contributed by atoms with Gasteiger partial charge in [0.2, 0.25) is 5.91 Å². The number of likely N-dealkylation sites (N-methyl/N-ethyl adjacent to an activating group) is 2. The zero-order valence-electron chi connectivity index (χ0n) is 7.71. The fourth-order valence-corrected chi connectivity index (χ4v) is 0.820. The minimum absolute atomic E-state index is 0.452. The molecule has 0 aromatic heterocycles. The normalized spacial score (nSPS) is 13.3. The van der Waals surface area contributed by atoms with E-state index in [0.29, 0.717) is 6.54 Å². The largest absolute Gasteiger partial charge is 0.368 e. The SMILES string of the molecule is CNCCN(C)CC(N)C(N)=O. The Balaban J connectivity index is 3.53. The lowest BCUT2D eigenvalue weighted by molar-refractivity contribution is -0.119. The molecule has 1 amide bonds. The average Bonchev–Trinajstić information content (AvgIpc) is 2.00. The van der Waals surface area contributed by atoms with Gasteiger partial charge < -0.3 is 21.7 Å². The third-order valence-corrected chi connectivity index (χ3v) is 1.62. The summed E-state index contributed by atoms with van der Waals surface area (Å²) in [5.41, 5.74) is 10.5. The number of nitrogens with zero attached hydrogens (tertiary/aromatic N) is 1. The smallest absolute Gasteiger partial charge is 0.235 e. The molecular weight excluding hydrogens is 156 g/mol. The van der Waals surface area contributed by atoms with Gasteiger partial charge in [-0.3, -0.25) is 4.79 Å². The van der Waals surface area contributed by atoms with E-state index in [2.05, 4.69) is 5.32 Å². The molecule has 72 valence electrons. The van der Waals surface area contributed by atoms with Crippen LogP contribution in [0.15, 0.2) is 0 Å². The lowest BCUT2D eigenvalue weighted by atomic mass is 10.3. The third-order valence-electron chi connectivity index (χ3n) is 1.62. The Bertz CT molecular complexity index is 139. The Morgan fingerprint density at radius 1 is 1.67 bits per heavy atom. The van der Waals surface area contributed by atoms with Crippen molar-refractivity contribution in [3.05, 3.63) is 0 Å². The number of amides is 1. The second-order valence-corrected chi connectivity index (χ2v) is 2.87. The highest BCUT2D eigenvalue weighted by atomic mass is 16.1. The maximum atomic E-state index is 10.6. The van der Waals surface area contributed by atoms with Crippen molar-refractivity contribution < 1.29 is 4.79 Å². The van der Waals surface area contributed by atoms with Gasteiger partial charge in [-0.05, 0) is 14.1 Å². The molecule has 5 nitrogen and oxygen atoms in total. The van der Waals surface area contributed by atoms with Crippen molar-refractivity contribution in [2.24, 2.45) is 11.5 Å². The zero-order chi connectivity index (χ0) is 9.56. The summed E-state index contributed by atoms with van der Waals surface area (Å²) in [7, 11) is 3.78. The maximum absolute atomic E-state index is 10.6. The summed E-state index contributed by atoms with van der Waals surface area (Å²) in [5, 5.41) is 3.00. The van der Waals surface area contributed by atoms with E-state index in [1.165, 1.54) is 0 Å². The first-order valence-electron chi connectivity index (χ1n) is 3.96. The highest BCUT2D eigenvalue weighted by Gasteiger charge is 2.10. The van der Waals surface area contributed by atoms with E-state index in [-0.39, 0.29) is 0 Å². The minimum atomic E-state index is -0.563. The van der Waals surface area contributed by atoms with Crippen molar-refractivity contribution in [2.45, 2.75) is 6.04 Å². The summed E-state index contributed by atoms with van der Waals surface area (Å²) in [4.78, 5) is 12.5. The van der Waals surface area contributed by atoms with Crippen molar-refractivity contribution in [1.82, 2.24) is 10.2 Å². The van der Waals surface area contributed by atoms with Crippen LogP contribution >= 0.6 is 0 Å². The third kappa shape index (κ3) is 5.06. The molecule has 0 aromatic rings. The van der Waals surface area contributed by atoms with Crippen molar-refractivity contribution in [3.8, 4) is 0 Å². The van der Waals surface area contributed by atoms with Gasteiger partial charge in [-0.15, -0.1) is 0 Å². The van der Waals surface area contributed by atoms with Crippen molar-refractivity contribution in [3.63, 3.8) is 0 Å². The number of rotatable bonds is 6.